The van der Waals surface area contributed by atoms with Crippen LogP contribution in [0.15, 0.2) is 23.1 Å². The van der Waals surface area contributed by atoms with Crippen molar-refractivity contribution in [3.63, 3.8) is 0 Å². The van der Waals surface area contributed by atoms with E-state index in [4.69, 9.17) is 0 Å². The predicted octanol–water partition coefficient (Wildman–Crippen LogP) is 0.866. The summed E-state index contributed by atoms with van der Waals surface area (Å²) in [5.74, 6) is 0. The molecule has 0 amide bonds. The van der Waals surface area contributed by atoms with Crippen molar-refractivity contribution >= 4 is 21.4 Å². The number of nitrogens with one attached hydrogen (secondary N) is 2. The van der Waals surface area contributed by atoms with Crippen LogP contribution < -0.4 is 10.0 Å². The monoisotopic (exact) mass is 316 g/mol. The van der Waals surface area contributed by atoms with Gasteiger partial charge in [0.2, 0.25) is 10.0 Å². The van der Waals surface area contributed by atoms with Crippen molar-refractivity contribution < 1.29 is 13.3 Å². The molecule has 0 radical (unpaired) electrons. The lowest BCUT2D eigenvalue weighted by Gasteiger charge is -2.11. The average Bonchev–Trinajstić information content (AvgIpc) is 2.42. The van der Waals surface area contributed by atoms with Crippen LogP contribution >= 0.6 is 0 Å². The number of benzene rings is 1. The largest absolute Gasteiger partial charge is 0.383 e. The smallest absolute Gasteiger partial charge is 0.312 e. The highest BCUT2D eigenvalue weighted by Gasteiger charge is 2.28. The zero-order chi connectivity index (χ0) is 16.0. The van der Waals surface area contributed by atoms with Gasteiger partial charge in [-0.15, -0.1) is 0 Å². The molecule has 2 N–H and O–H groups in total. The van der Waals surface area contributed by atoms with Gasteiger partial charge in [-0.3, -0.25) is 10.1 Å². The normalized spacial score (nSPS) is 11.6. The first-order chi connectivity index (χ1) is 9.79. The Labute approximate surface area is 124 Å². The second-order valence-electron chi connectivity index (χ2n) is 4.71. The predicted molar refractivity (Wildman–Crippen MR) is 81.0 cm³/mol. The first kappa shape index (κ1) is 17.3. The Morgan fingerprint density at radius 3 is 2.52 bits per heavy atom. The van der Waals surface area contributed by atoms with Crippen LogP contribution in [0.4, 0.5) is 11.4 Å². The van der Waals surface area contributed by atoms with Crippen molar-refractivity contribution in [2.75, 3.05) is 39.5 Å². The maximum atomic E-state index is 12.2. The molecule has 0 fully saturated rings. The first-order valence-electron chi connectivity index (χ1n) is 6.39. The van der Waals surface area contributed by atoms with E-state index in [9.17, 15) is 18.5 Å². The van der Waals surface area contributed by atoms with Crippen LogP contribution in [-0.2, 0) is 10.0 Å². The lowest BCUT2D eigenvalue weighted by atomic mass is 10.3. The summed E-state index contributed by atoms with van der Waals surface area (Å²) in [7, 11) is 1.36. The standard InChI is InChI=1S/C12H20N4O4S/c1-13-10-6-4-7-11(12(10)16(17)18)21(19,20)14-8-5-9-15(2)3/h4,6-7,13-14H,5,8-9H2,1-3H3. The van der Waals surface area contributed by atoms with E-state index in [0.29, 0.717) is 6.42 Å². The van der Waals surface area contributed by atoms with E-state index in [2.05, 4.69) is 10.0 Å². The van der Waals surface area contributed by atoms with Gasteiger partial charge in [0.1, 0.15) is 5.69 Å². The number of anilines is 1. The molecule has 21 heavy (non-hydrogen) atoms. The van der Waals surface area contributed by atoms with E-state index >= 15 is 0 Å². The summed E-state index contributed by atoms with van der Waals surface area (Å²) in [5.41, 5.74) is -0.281. The molecule has 1 aromatic carbocycles. The Morgan fingerprint density at radius 2 is 2.00 bits per heavy atom. The van der Waals surface area contributed by atoms with Crippen molar-refractivity contribution in [1.82, 2.24) is 9.62 Å². The van der Waals surface area contributed by atoms with Crippen LogP contribution in [0.3, 0.4) is 0 Å². The Balaban J connectivity index is 3.00. The van der Waals surface area contributed by atoms with Gasteiger partial charge in [-0.2, -0.15) is 0 Å². The summed E-state index contributed by atoms with van der Waals surface area (Å²) in [6, 6.07) is 4.16. The van der Waals surface area contributed by atoms with Crippen molar-refractivity contribution in [3.05, 3.63) is 28.3 Å². The van der Waals surface area contributed by atoms with Crippen LogP contribution in [0.1, 0.15) is 6.42 Å². The van der Waals surface area contributed by atoms with Gasteiger partial charge in [-0.25, -0.2) is 13.1 Å². The number of nitrogens with zero attached hydrogens (tertiary/aromatic N) is 2. The Bertz CT molecular complexity index is 601. The molecule has 0 saturated heterocycles. The molecule has 0 heterocycles. The topological polar surface area (TPSA) is 105 Å². The van der Waals surface area contributed by atoms with Gasteiger partial charge >= 0.3 is 5.69 Å². The van der Waals surface area contributed by atoms with Crippen LogP contribution in [0.5, 0.6) is 0 Å². The summed E-state index contributed by atoms with van der Waals surface area (Å²) < 4.78 is 26.8. The fourth-order valence-corrected chi connectivity index (χ4v) is 3.07. The zero-order valence-electron chi connectivity index (χ0n) is 12.3. The molecule has 1 rings (SSSR count). The maximum absolute atomic E-state index is 12.2. The molecule has 118 valence electrons. The number of nitro groups is 1. The van der Waals surface area contributed by atoms with Gasteiger partial charge in [-0.05, 0) is 39.2 Å². The summed E-state index contributed by atoms with van der Waals surface area (Å²) in [6.45, 7) is 0.947. The molecule has 0 saturated carbocycles. The molecular weight excluding hydrogens is 296 g/mol. The van der Waals surface area contributed by atoms with Crippen molar-refractivity contribution in [3.8, 4) is 0 Å². The van der Waals surface area contributed by atoms with E-state index < -0.39 is 20.6 Å². The van der Waals surface area contributed by atoms with Crippen LogP contribution in [0.25, 0.3) is 0 Å². The molecule has 0 aliphatic carbocycles. The molecule has 8 nitrogen and oxygen atoms in total. The van der Waals surface area contributed by atoms with Crippen molar-refractivity contribution in [2.45, 2.75) is 11.3 Å². The van der Waals surface area contributed by atoms with Crippen LogP contribution in [0.2, 0.25) is 0 Å². The Hall–Kier alpha value is -1.71. The molecular formula is C12H20N4O4S. The minimum atomic E-state index is -3.92. The number of para-hydroxylation sites is 1. The average molecular weight is 316 g/mol. The quantitative estimate of drug-likeness (QED) is 0.419. The van der Waals surface area contributed by atoms with E-state index in [-0.39, 0.29) is 17.1 Å². The molecule has 0 aliphatic heterocycles. The maximum Gasteiger partial charge on any atom is 0.312 e. The number of nitro benzene ring substituents is 1. The lowest BCUT2D eigenvalue weighted by Crippen LogP contribution is -2.28. The summed E-state index contributed by atoms with van der Waals surface area (Å²) in [4.78, 5) is 12.0. The number of rotatable bonds is 8. The third kappa shape index (κ3) is 4.66. The highest BCUT2D eigenvalue weighted by molar-refractivity contribution is 7.89. The van der Waals surface area contributed by atoms with Crippen molar-refractivity contribution in [2.24, 2.45) is 0 Å². The first-order valence-corrected chi connectivity index (χ1v) is 7.87. The van der Waals surface area contributed by atoms with Gasteiger partial charge in [0.05, 0.1) is 4.92 Å². The molecule has 0 atom stereocenters. The summed E-state index contributed by atoms with van der Waals surface area (Å²) >= 11 is 0. The molecule has 0 bridgehead atoms. The highest BCUT2D eigenvalue weighted by atomic mass is 32.2. The molecule has 0 aliphatic rings. The van der Waals surface area contributed by atoms with Gasteiger partial charge in [0.15, 0.2) is 4.90 Å². The number of hydrogen-bond donors (Lipinski definition) is 2. The minimum absolute atomic E-state index is 0.163. The molecule has 9 heteroatoms. The van der Waals surface area contributed by atoms with Gasteiger partial charge in [-0.1, -0.05) is 6.07 Å². The second kappa shape index (κ2) is 7.34. The van der Waals surface area contributed by atoms with Gasteiger partial charge in [0.25, 0.3) is 0 Å². The summed E-state index contributed by atoms with van der Waals surface area (Å²) in [5, 5.41) is 13.8. The molecule has 0 spiro atoms. The van der Waals surface area contributed by atoms with E-state index in [0.717, 1.165) is 6.54 Å². The van der Waals surface area contributed by atoms with E-state index in [1.165, 1.54) is 25.2 Å². The molecule has 0 unspecified atom stereocenters. The van der Waals surface area contributed by atoms with Gasteiger partial charge < -0.3 is 10.2 Å². The van der Waals surface area contributed by atoms with Crippen LogP contribution in [0, 0.1) is 10.1 Å². The fourth-order valence-electron chi connectivity index (χ4n) is 1.81. The number of sulfonamides is 1. The molecule has 0 aromatic heterocycles. The second-order valence-corrected chi connectivity index (χ2v) is 6.45. The van der Waals surface area contributed by atoms with Crippen LogP contribution in [-0.4, -0.2) is 52.5 Å². The third-order valence-corrected chi connectivity index (χ3v) is 4.31. The minimum Gasteiger partial charge on any atom is -0.383 e. The lowest BCUT2D eigenvalue weighted by molar-refractivity contribution is -0.386. The fraction of sp³-hybridized carbons (Fsp3) is 0.500. The van der Waals surface area contributed by atoms with Crippen molar-refractivity contribution in [1.29, 1.82) is 0 Å². The molecule has 1 aromatic rings. The zero-order valence-corrected chi connectivity index (χ0v) is 13.1. The number of hydrogen-bond acceptors (Lipinski definition) is 6. The third-order valence-electron chi connectivity index (χ3n) is 2.81. The summed E-state index contributed by atoms with van der Waals surface area (Å²) in [6.07, 6.45) is 0.617. The van der Waals surface area contributed by atoms with E-state index in [1.807, 2.05) is 19.0 Å². The Morgan fingerprint density at radius 1 is 1.33 bits per heavy atom. The van der Waals surface area contributed by atoms with Gasteiger partial charge in [0, 0.05) is 13.6 Å². The Kier molecular flexibility index (Phi) is 6.06. The highest BCUT2D eigenvalue weighted by Crippen LogP contribution is 2.31. The van der Waals surface area contributed by atoms with E-state index in [1.54, 1.807) is 0 Å². The SMILES string of the molecule is CNc1cccc(S(=O)(=O)NCCCN(C)C)c1[N+](=O)[O-].